The normalized spacial score (nSPS) is 19.1. The zero-order chi connectivity index (χ0) is 31.1. The van der Waals surface area contributed by atoms with Gasteiger partial charge in [0.25, 0.3) is 5.56 Å². The second kappa shape index (κ2) is 11.7. The van der Waals surface area contributed by atoms with Crippen LogP contribution in [-0.2, 0) is 4.79 Å². The molecule has 1 amide bonds. The highest BCUT2D eigenvalue weighted by atomic mass is 16.5. The van der Waals surface area contributed by atoms with Crippen molar-refractivity contribution in [3.05, 3.63) is 52.2 Å². The van der Waals surface area contributed by atoms with Crippen LogP contribution in [-0.4, -0.2) is 97.3 Å². The summed E-state index contributed by atoms with van der Waals surface area (Å²) in [6.07, 6.45) is 5.22. The number of amides is 1. The summed E-state index contributed by atoms with van der Waals surface area (Å²) in [5.74, 6) is 0.692. The van der Waals surface area contributed by atoms with E-state index < -0.39 is 0 Å². The van der Waals surface area contributed by atoms with Crippen molar-refractivity contribution in [1.82, 2.24) is 39.5 Å². The predicted octanol–water partition coefficient (Wildman–Crippen LogP) is 2.57. The number of H-pyrrole nitrogens is 1. The van der Waals surface area contributed by atoms with Crippen LogP contribution in [0.1, 0.15) is 36.2 Å². The summed E-state index contributed by atoms with van der Waals surface area (Å²) in [5, 5.41) is 17.6. The number of ether oxygens (including phenoxy) is 1. The summed E-state index contributed by atoms with van der Waals surface area (Å²) >= 11 is 0. The molecule has 0 bridgehead atoms. The van der Waals surface area contributed by atoms with Crippen molar-refractivity contribution in [3.8, 4) is 17.8 Å². The molecule has 0 saturated carbocycles. The smallest absolute Gasteiger partial charge is 0.319 e. The second-order valence-electron chi connectivity index (χ2n) is 11.6. The van der Waals surface area contributed by atoms with E-state index in [4.69, 9.17) is 14.7 Å². The number of nitriles is 1. The molecule has 2 fully saturated rings. The summed E-state index contributed by atoms with van der Waals surface area (Å²) in [6, 6.07) is 4.14. The monoisotopic (exact) mass is 596 g/mol. The maximum Gasteiger partial charge on any atom is 0.319 e. The molecule has 1 N–H and O–H groups in total. The van der Waals surface area contributed by atoms with E-state index in [-0.39, 0.29) is 41.5 Å². The number of piperazine rings is 1. The van der Waals surface area contributed by atoms with Gasteiger partial charge in [0.15, 0.2) is 11.3 Å². The van der Waals surface area contributed by atoms with Gasteiger partial charge in [0.2, 0.25) is 5.91 Å². The number of hydrogen-bond acceptors (Lipinski definition) is 10. The molecule has 3 aromatic heterocycles. The highest BCUT2D eigenvalue weighted by Crippen LogP contribution is 2.31. The molecule has 0 aliphatic carbocycles. The summed E-state index contributed by atoms with van der Waals surface area (Å²) < 4.78 is 7.76. The molecule has 2 saturated heterocycles. The van der Waals surface area contributed by atoms with Crippen molar-refractivity contribution in [2.24, 2.45) is 0 Å². The lowest BCUT2D eigenvalue weighted by molar-refractivity contribution is -0.128. The topological polar surface area (TPSA) is 149 Å². The summed E-state index contributed by atoms with van der Waals surface area (Å²) in [4.78, 5) is 47.2. The van der Waals surface area contributed by atoms with E-state index in [0.29, 0.717) is 49.1 Å². The summed E-state index contributed by atoms with van der Waals surface area (Å²) in [6.45, 7) is 11.9. The van der Waals surface area contributed by atoms with Gasteiger partial charge in [-0.3, -0.25) is 19.3 Å². The van der Waals surface area contributed by atoms with Crippen molar-refractivity contribution in [1.29, 1.82) is 5.26 Å². The predicted molar refractivity (Wildman–Crippen MR) is 166 cm³/mol. The number of nitrogens with zero attached hydrogens (tertiary/aromatic N) is 9. The fraction of sp³-hybridized carbons (Fsp3) is 0.452. The Morgan fingerprint density at radius 2 is 2.00 bits per heavy atom. The molecule has 2 aliphatic heterocycles. The van der Waals surface area contributed by atoms with Gasteiger partial charge in [-0.15, -0.1) is 0 Å². The van der Waals surface area contributed by atoms with Gasteiger partial charge in [0, 0.05) is 31.1 Å². The van der Waals surface area contributed by atoms with Gasteiger partial charge in [-0.2, -0.15) is 20.3 Å². The van der Waals surface area contributed by atoms with Gasteiger partial charge in [0.05, 0.1) is 35.9 Å². The molecule has 44 heavy (non-hydrogen) atoms. The standard InChI is InChI=1S/C31H36N10O3/c1-6-25(42)40-13-12-39(16-21(40)9-10-32)29-26-27(35-31(36-29)44-17-22-8-7-11-38(22)5)30(43)41(20(4)34-26)28-19(3)18(2)14-24-23(28)15-33-37-24/h6,14-15,21-22H,1,7-9,11-13,16-17H2,2-5H3,(H,33,37)/t21-,22-/m0/s1. The number of carbonyl (C=O) groups excluding carboxylic acids is 1. The van der Waals surface area contributed by atoms with Gasteiger partial charge in [0.1, 0.15) is 17.9 Å². The largest absolute Gasteiger partial charge is 0.462 e. The molecule has 2 atom stereocenters. The minimum Gasteiger partial charge on any atom is -0.462 e. The number of likely N-dealkylation sites (N-methyl/N-ethyl adjacent to an activating group) is 1. The highest BCUT2D eigenvalue weighted by Gasteiger charge is 2.32. The number of likely N-dealkylation sites (tertiary alicyclic amines) is 1. The van der Waals surface area contributed by atoms with Gasteiger partial charge in [-0.05, 0) is 70.5 Å². The lowest BCUT2D eigenvalue weighted by Crippen LogP contribution is -2.55. The SMILES string of the molecule is C=CC(=O)N1CCN(c2nc(OC[C@@H]3CCCN3C)nc3c(=O)n(-c4c(C)c(C)cc5[nH]ncc45)c(C)nc23)C[C@@H]1CC#N. The molecular formula is C31H36N10O3. The Bertz CT molecular complexity index is 1870. The first-order valence-corrected chi connectivity index (χ1v) is 14.8. The summed E-state index contributed by atoms with van der Waals surface area (Å²) in [7, 11) is 2.07. The minimum absolute atomic E-state index is 0.0953. The molecule has 1 aromatic carbocycles. The number of benzene rings is 1. The van der Waals surface area contributed by atoms with Crippen LogP contribution in [0.4, 0.5) is 5.82 Å². The highest BCUT2D eigenvalue weighted by molar-refractivity contribution is 5.91. The molecule has 6 rings (SSSR count). The molecule has 2 aliphatic rings. The molecule has 0 unspecified atom stereocenters. The fourth-order valence-electron chi connectivity index (χ4n) is 6.38. The lowest BCUT2D eigenvalue weighted by Gasteiger charge is -2.40. The van der Waals surface area contributed by atoms with Gasteiger partial charge in [-0.1, -0.05) is 6.58 Å². The Kier molecular flexibility index (Phi) is 7.77. The number of rotatable bonds is 7. The third-order valence-electron chi connectivity index (χ3n) is 8.95. The molecule has 4 aromatic rings. The molecule has 13 heteroatoms. The van der Waals surface area contributed by atoms with E-state index in [1.165, 1.54) is 6.08 Å². The van der Waals surface area contributed by atoms with Gasteiger partial charge >= 0.3 is 6.01 Å². The Morgan fingerprint density at radius 1 is 1.18 bits per heavy atom. The third-order valence-corrected chi connectivity index (χ3v) is 8.95. The van der Waals surface area contributed by atoms with Crippen LogP contribution >= 0.6 is 0 Å². The number of fused-ring (bicyclic) bond motifs is 2. The van der Waals surface area contributed by atoms with E-state index in [9.17, 15) is 14.9 Å². The van der Waals surface area contributed by atoms with E-state index in [1.54, 1.807) is 22.6 Å². The van der Waals surface area contributed by atoms with Crippen LogP contribution in [0.2, 0.25) is 0 Å². The average molecular weight is 597 g/mol. The van der Waals surface area contributed by atoms with Gasteiger partial charge in [-0.25, -0.2) is 4.98 Å². The van der Waals surface area contributed by atoms with E-state index >= 15 is 0 Å². The van der Waals surface area contributed by atoms with Crippen LogP contribution in [0.3, 0.4) is 0 Å². The molecule has 5 heterocycles. The Morgan fingerprint density at radius 3 is 2.73 bits per heavy atom. The number of hydrogen-bond donors (Lipinski definition) is 1. The zero-order valence-corrected chi connectivity index (χ0v) is 25.5. The maximum atomic E-state index is 14.4. The molecule has 228 valence electrons. The lowest BCUT2D eigenvalue weighted by atomic mass is 10.0. The number of aromatic amines is 1. The number of aromatic nitrogens is 6. The maximum absolute atomic E-state index is 14.4. The number of anilines is 1. The first-order chi connectivity index (χ1) is 21.2. The molecule has 0 spiro atoms. The van der Waals surface area contributed by atoms with Crippen LogP contribution in [0, 0.1) is 32.1 Å². The molecular weight excluding hydrogens is 560 g/mol. The van der Waals surface area contributed by atoms with Crippen LogP contribution in [0.25, 0.3) is 27.6 Å². The Labute approximate surface area is 254 Å². The second-order valence-corrected chi connectivity index (χ2v) is 11.6. The van der Waals surface area contributed by atoms with E-state index in [2.05, 4.69) is 39.8 Å². The fourth-order valence-corrected chi connectivity index (χ4v) is 6.38. The van der Waals surface area contributed by atoms with Crippen LogP contribution in [0.15, 0.2) is 29.7 Å². The minimum atomic E-state index is -0.383. The number of aryl methyl sites for hydroxylation is 2. The quantitative estimate of drug-likeness (QED) is 0.316. The van der Waals surface area contributed by atoms with Crippen LogP contribution < -0.4 is 15.2 Å². The van der Waals surface area contributed by atoms with Gasteiger partial charge < -0.3 is 19.4 Å². The van der Waals surface area contributed by atoms with Crippen molar-refractivity contribution >= 4 is 33.7 Å². The first-order valence-electron chi connectivity index (χ1n) is 14.8. The van der Waals surface area contributed by atoms with Crippen molar-refractivity contribution < 1.29 is 9.53 Å². The Balaban J connectivity index is 1.51. The number of carbonyl (C=O) groups is 1. The zero-order valence-electron chi connectivity index (χ0n) is 25.5. The van der Waals surface area contributed by atoms with E-state index in [0.717, 1.165) is 41.4 Å². The van der Waals surface area contributed by atoms with Crippen molar-refractivity contribution in [3.63, 3.8) is 0 Å². The average Bonchev–Trinajstić information content (AvgIpc) is 3.65. The first kappa shape index (κ1) is 29.3. The summed E-state index contributed by atoms with van der Waals surface area (Å²) in [5.41, 5.74) is 3.60. The van der Waals surface area contributed by atoms with E-state index in [1.807, 2.05) is 24.8 Å². The molecule has 13 nitrogen and oxygen atoms in total. The number of nitrogens with one attached hydrogen (secondary N) is 1. The molecule has 0 radical (unpaired) electrons. The van der Waals surface area contributed by atoms with Crippen molar-refractivity contribution in [2.45, 2.75) is 52.1 Å². The van der Waals surface area contributed by atoms with Crippen LogP contribution in [0.5, 0.6) is 6.01 Å². The Hall–Kier alpha value is -4.83. The van der Waals surface area contributed by atoms with Crippen molar-refractivity contribution in [2.75, 3.05) is 44.7 Å². The third kappa shape index (κ3) is 5.05.